The van der Waals surface area contributed by atoms with Crippen LogP contribution in [0.3, 0.4) is 0 Å². The van der Waals surface area contributed by atoms with Gasteiger partial charge in [-0.15, -0.1) is 0 Å². The van der Waals surface area contributed by atoms with Gasteiger partial charge in [-0.2, -0.15) is 0 Å². The highest BCUT2D eigenvalue weighted by Gasteiger charge is 2.12. The van der Waals surface area contributed by atoms with E-state index in [1.54, 1.807) is 0 Å². The van der Waals surface area contributed by atoms with Gasteiger partial charge in [0.25, 0.3) is 0 Å². The van der Waals surface area contributed by atoms with Gasteiger partial charge in [-0.05, 0) is 36.6 Å². The molecule has 1 atom stereocenters. The number of aryl methyl sites for hydroxylation is 1. The SMILES string of the molecule is Cc1ccc(C(Cc2ccccc2)Nc2ccccc2)cc1. The second-order valence-electron chi connectivity index (χ2n) is 5.66. The Morgan fingerprint density at radius 3 is 1.95 bits per heavy atom. The zero-order valence-corrected chi connectivity index (χ0v) is 12.9. The molecule has 0 amide bonds. The first-order valence-electron chi connectivity index (χ1n) is 7.73. The third kappa shape index (κ3) is 3.76. The van der Waals surface area contributed by atoms with E-state index in [2.05, 4.69) is 91.1 Å². The quantitative estimate of drug-likeness (QED) is 0.663. The molecule has 3 aromatic rings. The van der Waals surface area contributed by atoms with Crippen molar-refractivity contribution in [3.63, 3.8) is 0 Å². The summed E-state index contributed by atoms with van der Waals surface area (Å²) in [6, 6.07) is 30.1. The van der Waals surface area contributed by atoms with Crippen molar-refractivity contribution in [2.75, 3.05) is 5.32 Å². The average molecular weight is 287 g/mol. The van der Waals surface area contributed by atoms with Crippen LogP contribution in [0.5, 0.6) is 0 Å². The van der Waals surface area contributed by atoms with E-state index in [-0.39, 0.29) is 6.04 Å². The van der Waals surface area contributed by atoms with Crippen LogP contribution < -0.4 is 5.32 Å². The average Bonchev–Trinajstić information content (AvgIpc) is 2.57. The minimum atomic E-state index is 0.269. The molecule has 0 saturated heterocycles. The molecule has 0 saturated carbocycles. The zero-order valence-electron chi connectivity index (χ0n) is 12.9. The standard InChI is InChI=1S/C21H21N/c1-17-12-14-19(15-13-17)21(16-18-8-4-2-5-9-18)22-20-10-6-3-7-11-20/h2-15,21-22H,16H2,1H3. The molecule has 3 rings (SSSR count). The van der Waals surface area contributed by atoms with Crippen molar-refractivity contribution >= 4 is 5.69 Å². The monoisotopic (exact) mass is 287 g/mol. The number of benzene rings is 3. The summed E-state index contributed by atoms with van der Waals surface area (Å²) in [6.45, 7) is 2.13. The van der Waals surface area contributed by atoms with Gasteiger partial charge in [0.15, 0.2) is 0 Å². The van der Waals surface area contributed by atoms with Gasteiger partial charge >= 0.3 is 0 Å². The van der Waals surface area contributed by atoms with Crippen molar-refractivity contribution in [1.29, 1.82) is 0 Å². The predicted octanol–water partition coefficient (Wildman–Crippen LogP) is 5.39. The molecule has 0 radical (unpaired) electrons. The maximum absolute atomic E-state index is 3.66. The third-order valence-electron chi connectivity index (χ3n) is 3.88. The van der Waals surface area contributed by atoms with E-state index in [0.29, 0.717) is 0 Å². The van der Waals surface area contributed by atoms with Crippen LogP contribution in [0.25, 0.3) is 0 Å². The summed E-state index contributed by atoms with van der Waals surface area (Å²) in [5.74, 6) is 0. The van der Waals surface area contributed by atoms with E-state index in [1.807, 2.05) is 6.07 Å². The fourth-order valence-electron chi connectivity index (χ4n) is 2.64. The second kappa shape index (κ2) is 6.95. The molecule has 0 aliphatic heterocycles. The van der Waals surface area contributed by atoms with E-state index in [9.17, 15) is 0 Å². The van der Waals surface area contributed by atoms with Crippen molar-refractivity contribution in [2.24, 2.45) is 0 Å². The van der Waals surface area contributed by atoms with Crippen molar-refractivity contribution in [1.82, 2.24) is 0 Å². The minimum Gasteiger partial charge on any atom is -0.378 e. The fraction of sp³-hybridized carbons (Fsp3) is 0.143. The van der Waals surface area contributed by atoms with Gasteiger partial charge in [0.2, 0.25) is 0 Å². The zero-order chi connectivity index (χ0) is 15.2. The van der Waals surface area contributed by atoms with Crippen molar-refractivity contribution in [3.05, 3.63) is 102 Å². The minimum absolute atomic E-state index is 0.269. The van der Waals surface area contributed by atoms with E-state index in [1.165, 1.54) is 16.7 Å². The molecule has 0 spiro atoms. The first-order chi connectivity index (χ1) is 10.8. The molecule has 0 aliphatic carbocycles. The fourth-order valence-corrected chi connectivity index (χ4v) is 2.64. The Hall–Kier alpha value is -2.54. The van der Waals surface area contributed by atoms with Crippen molar-refractivity contribution in [2.45, 2.75) is 19.4 Å². The highest BCUT2D eigenvalue weighted by atomic mass is 14.9. The Morgan fingerprint density at radius 1 is 0.727 bits per heavy atom. The van der Waals surface area contributed by atoms with Gasteiger partial charge in [0.1, 0.15) is 0 Å². The lowest BCUT2D eigenvalue weighted by Crippen LogP contribution is -2.13. The number of para-hydroxylation sites is 1. The van der Waals surface area contributed by atoms with Crippen LogP contribution in [0.1, 0.15) is 22.7 Å². The van der Waals surface area contributed by atoms with Gasteiger partial charge in [0, 0.05) is 5.69 Å². The van der Waals surface area contributed by atoms with Crippen LogP contribution in [0.2, 0.25) is 0 Å². The second-order valence-corrected chi connectivity index (χ2v) is 5.66. The Balaban J connectivity index is 1.86. The lowest BCUT2D eigenvalue weighted by molar-refractivity contribution is 0.775. The van der Waals surface area contributed by atoms with Crippen molar-refractivity contribution in [3.8, 4) is 0 Å². The smallest absolute Gasteiger partial charge is 0.0554 e. The van der Waals surface area contributed by atoms with E-state index in [4.69, 9.17) is 0 Å². The lowest BCUT2D eigenvalue weighted by atomic mass is 9.97. The third-order valence-corrected chi connectivity index (χ3v) is 3.88. The summed E-state index contributed by atoms with van der Waals surface area (Å²) in [6.07, 6.45) is 0.971. The summed E-state index contributed by atoms with van der Waals surface area (Å²) in [4.78, 5) is 0. The number of hydrogen-bond donors (Lipinski definition) is 1. The Kier molecular flexibility index (Phi) is 4.55. The first-order valence-corrected chi connectivity index (χ1v) is 7.73. The van der Waals surface area contributed by atoms with Crippen LogP contribution in [-0.4, -0.2) is 0 Å². The highest BCUT2D eigenvalue weighted by Crippen LogP contribution is 2.24. The summed E-state index contributed by atoms with van der Waals surface area (Å²) in [5.41, 5.74) is 5.11. The topological polar surface area (TPSA) is 12.0 Å². The molecule has 22 heavy (non-hydrogen) atoms. The maximum Gasteiger partial charge on any atom is 0.0554 e. The largest absolute Gasteiger partial charge is 0.378 e. The Morgan fingerprint density at radius 2 is 1.32 bits per heavy atom. The normalized spacial score (nSPS) is 11.9. The molecule has 1 N–H and O–H groups in total. The molecule has 0 heterocycles. The summed E-state index contributed by atoms with van der Waals surface area (Å²) in [7, 11) is 0. The van der Waals surface area contributed by atoms with Crippen LogP contribution in [-0.2, 0) is 6.42 Å². The summed E-state index contributed by atoms with van der Waals surface area (Å²) >= 11 is 0. The van der Waals surface area contributed by atoms with Gasteiger partial charge in [-0.25, -0.2) is 0 Å². The molecule has 0 bridgehead atoms. The number of hydrogen-bond acceptors (Lipinski definition) is 1. The predicted molar refractivity (Wildman–Crippen MR) is 94.1 cm³/mol. The summed E-state index contributed by atoms with van der Waals surface area (Å²) in [5, 5.41) is 3.66. The van der Waals surface area contributed by atoms with Gasteiger partial charge < -0.3 is 5.32 Å². The molecule has 0 aliphatic rings. The molecular weight excluding hydrogens is 266 g/mol. The number of nitrogens with one attached hydrogen (secondary N) is 1. The van der Waals surface area contributed by atoms with Crippen LogP contribution in [0.4, 0.5) is 5.69 Å². The molecule has 110 valence electrons. The number of rotatable bonds is 5. The van der Waals surface area contributed by atoms with E-state index >= 15 is 0 Å². The molecule has 1 nitrogen and oxygen atoms in total. The molecular formula is C21H21N. The van der Waals surface area contributed by atoms with E-state index < -0.39 is 0 Å². The summed E-state index contributed by atoms with van der Waals surface area (Å²) < 4.78 is 0. The molecule has 1 unspecified atom stereocenters. The van der Waals surface area contributed by atoms with E-state index in [0.717, 1.165) is 12.1 Å². The Bertz CT molecular complexity index is 645. The maximum atomic E-state index is 3.66. The Labute approximate surface area is 132 Å². The van der Waals surface area contributed by atoms with Crippen LogP contribution >= 0.6 is 0 Å². The first kappa shape index (κ1) is 14.4. The molecule has 3 aromatic carbocycles. The van der Waals surface area contributed by atoms with Crippen LogP contribution in [0.15, 0.2) is 84.9 Å². The molecule has 0 aromatic heterocycles. The van der Waals surface area contributed by atoms with Gasteiger partial charge in [-0.3, -0.25) is 0 Å². The highest BCUT2D eigenvalue weighted by molar-refractivity contribution is 5.46. The van der Waals surface area contributed by atoms with Crippen LogP contribution in [0, 0.1) is 6.92 Å². The molecule has 1 heteroatoms. The van der Waals surface area contributed by atoms with Gasteiger partial charge in [0.05, 0.1) is 6.04 Å². The molecule has 0 fully saturated rings. The van der Waals surface area contributed by atoms with Crippen molar-refractivity contribution < 1.29 is 0 Å². The lowest BCUT2D eigenvalue weighted by Gasteiger charge is -2.21. The van der Waals surface area contributed by atoms with Gasteiger partial charge in [-0.1, -0.05) is 78.4 Å². The number of anilines is 1.